The summed E-state index contributed by atoms with van der Waals surface area (Å²) in [5, 5.41) is 9.12. The van der Waals surface area contributed by atoms with Gasteiger partial charge in [0.05, 0.1) is 24.3 Å². The predicted octanol–water partition coefficient (Wildman–Crippen LogP) is 2.20. The number of hydrogen-bond acceptors (Lipinski definition) is 4. The molecular formula is C18H24N2O5. The van der Waals surface area contributed by atoms with Crippen LogP contribution in [0.4, 0.5) is 4.79 Å². The van der Waals surface area contributed by atoms with Gasteiger partial charge in [-0.05, 0) is 31.9 Å². The van der Waals surface area contributed by atoms with E-state index in [1.807, 2.05) is 11.8 Å². The number of carbonyl (C=O) groups is 2. The molecule has 1 aromatic carbocycles. The third-order valence-electron chi connectivity index (χ3n) is 4.96. The van der Waals surface area contributed by atoms with Crippen LogP contribution in [0, 0.1) is 0 Å². The summed E-state index contributed by atoms with van der Waals surface area (Å²) in [7, 11) is 1.71. The molecular weight excluding hydrogens is 324 g/mol. The molecule has 1 fully saturated rings. The van der Waals surface area contributed by atoms with Gasteiger partial charge in [0.25, 0.3) is 0 Å². The van der Waals surface area contributed by atoms with E-state index in [4.69, 9.17) is 14.6 Å². The highest BCUT2D eigenvalue weighted by molar-refractivity contribution is 5.88. The first-order valence-electron chi connectivity index (χ1n) is 8.57. The van der Waals surface area contributed by atoms with Crippen LogP contribution in [0.3, 0.4) is 0 Å². The molecule has 0 aromatic heterocycles. The van der Waals surface area contributed by atoms with Crippen molar-refractivity contribution in [2.45, 2.75) is 38.5 Å². The Labute approximate surface area is 147 Å². The number of ether oxygens (including phenoxy) is 2. The molecule has 2 amide bonds. The van der Waals surface area contributed by atoms with Gasteiger partial charge in [0.1, 0.15) is 12.4 Å². The van der Waals surface area contributed by atoms with Crippen molar-refractivity contribution in [3.05, 3.63) is 29.3 Å². The van der Waals surface area contributed by atoms with E-state index in [0.29, 0.717) is 32.0 Å². The summed E-state index contributed by atoms with van der Waals surface area (Å²) in [5.41, 5.74) is 1.02. The van der Waals surface area contributed by atoms with Gasteiger partial charge in [0, 0.05) is 25.8 Å². The fourth-order valence-corrected chi connectivity index (χ4v) is 3.31. The molecule has 0 saturated carbocycles. The Kier molecular flexibility index (Phi) is 5.13. The second kappa shape index (κ2) is 7.31. The minimum Gasteiger partial charge on any atom is -0.491 e. The first kappa shape index (κ1) is 17.5. The van der Waals surface area contributed by atoms with Gasteiger partial charge < -0.3 is 24.4 Å². The average Bonchev–Trinajstić information content (AvgIpc) is 2.80. The fourth-order valence-electron chi connectivity index (χ4n) is 3.31. The molecule has 1 saturated heterocycles. The number of methoxy groups -OCH3 is 1. The van der Waals surface area contributed by atoms with Gasteiger partial charge in [-0.15, -0.1) is 0 Å². The summed E-state index contributed by atoms with van der Waals surface area (Å²) in [6, 6.07) is 4.72. The van der Waals surface area contributed by atoms with E-state index in [9.17, 15) is 9.59 Å². The zero-order valence-electron chi connectivity index (χ0n) is 14.6. The number of carbonyl (C=O) groups excluding carboxylic acids is 1. The Balaban J connectivity index is 1.75. The second-order valence-electron chi connectivity index (χ2n) is 6.62. The zero-order valence-corrected chi connectivity index (χ0v) is 14.6. The summed E-state index contributed by atoms with van der Waals surface area (Å²) < 4.78 is 11.1. The number of carboxylic acid groups (broad SMARTS) is 1. The first-order valence-corrected chi connectivity index (χ1v) is 8.57. The maximum atomic E-state index is 13.0. The first-order chi connectivity index (χ1) is 12.0. The highest BCUT2D eigenvalue weighted by Gasteiger charge is 2.31. The average molecular weight is 348 g/mol. The molecule has 2 heterocycles. The largest absolute Gasteiger partial charge is 0.491 e. The van der Waals surface area contributed by atoms with E-state index < -0.39 is 5.97 Å². The van der Waals surface area contributed by atoms with Crippen LogP contribution in [-0.4, -0.2) is 65.9 Å². The minimum absolute atomic E-state index is 0.000754. The molecule has 2 aliphatic heterocycles. The van der Waals surface area contributed by atoms with Crippen LogP contribution >= 0.6 is 0 Å². The second-order valence-corrected chi connectivity index (χ2v) is 6.62. The van der Waals surface area contributed by atoms with Crippen LogP contribution in [0.25, 0.3) is 0 Å². The summed E-state index contributed by atoms with van der Waals surface area (Å²) in [5.74, 6) is -0.446. The third kappa shape index (κ3) is 3.71. The zero-order chi connectivity index (χ0) is 18.0. The van der Waals surface area contributed by atoms with Crippen molar-refractivity contribution in [3.63, 3.8) is 0 Å². The number of nitrogens with zero attached hydrogens (tertiary/aromatic N) is 2. The number of fused-ring (bicyclic) bond motifs is 1. The molecule has 0 bridgehead atoms. The quantitative estimate of drug-likeness (QED) is 0.886. The Morgan fingerprint density at radius 2 is 2.00 bits per heavy atom. The summed E-state index contributed by atoms with van der Waals surface area (Å²) in [6.07, 6.45) is 1.92. The lowest BCUT2D eigenvalue weighted by Gasteiger charge is -2.36. The van der Waals surface area contributed by atoms with E-state index in [1.165, 1.54) is 6.07 Å². The van der Waals surface area contributed by atoms with Gasteiger partial charge in [0.15, 0.2) is 0 Å². The van der Waals surface area contributed by atoms with Crippen LogP contribution in [0.15, 0.2) is 18.2 Å². The molecule has 0 aliphatic carbocycles. The summed E-state index contributed by atoms with van der Waals surface area (Å²) in [4.78, 5) is 27.8. The van der Waals surface area contributed by atoms with Crippen LogP contribution in [0.1, 0.15) is 35.7 Å². The molecule has 0 radical (unpaired) electrons. The molecule has 136 valence electrons. The van der Waals surface area contributed by atoms with E-state index in [1.54, 1.807) is 24.1 Å². The van der Waals surface area contributed by atoms with E-state index in [-0.39, 0.29) is 23.7 Å². The number of amides is 2. The third-order valence-corrected chi connectivity index (χ3v) is 4.96. The maximum absolute atomic E-state index is 13.0. The Hall–Kier alpha value is -2.28. The SMILES string of the molecule is COC1CCN(C(=O)N2Cc3ccc(C(=O)O)cc3OCC2C)CC1. The van der Waals surface area contributed by atoms with E-state index in [0.717, 1.165) is 18.4 Å². The number of benzene rings is 1. The molecule has 3 rings (SSSR count). The van der Waals surface area contributed by atoms with Crippen molar-refractivity contribution in [1.82, 2.24) is 9.80 Å². The normalized spacial score (nSPS) is 21.3. The van der Waals surface area contributed by atoms with Gasteiger partial charge in [-0.3, -0.25) is 0 Å². The number of likely N-dealkylation sites (tertiary alicyclic amines) is 1. The van der Waals surface area contributed by atoms with Crippen molar-refractivity contribution < 1.29 is 24.2 Å². The van der Waals surface area contributed by atoms with Gasteiger partial charge in [0.2, 0.25) is 0 Å². The number of rotatable bonds is 2. The van der Waals surface area contributed by atoms with E-state index >= 15 is 0 Å². The highest BCUT2D eigenvalue weighted by atomic mass is 16.5. The Morgan fingerprint density at radius 1 is 1.28 bits per heavy atom. The monoisotopic (exact) mass is 348 g/mol. The van der Waals surface area contributed by atoms with Crippen molar-refractivity contribution >= 4 is 12.0 Å². The van der Waals surface area contributed by atoms with Crippen molar-refractivity contribution in [2.24, 2.45) is 0 Å². The molecule has 25 heavy (non-hydrogen) atoms. The maximum Gasteiger partial charge on any atom is 0.335 e. The molecule has 7 nitrogen and oxygen atoms in total. The van der Waals surface area contributed by atoms with Crippen molar-refractivity contribution in [1.29, 1.82) is 0 Å². The molecule has 1 unspecified atom stereocenters. The van der Waals surface area contributed by atoms with Gasteiger partial charge in [-0.2, -0.15) is 0 Å². The number of aromatic carboxylic acids is 1. The predicted molar refractivity (Wildman–Crippen MR) is 90.9 cm³/mol. The number of hydrogen-bond donors (Lipinski definition) is 1. The van der Waals surface area contributed by atoms with Crippen LogP contribution < -0.4 is 4.74 Å². The van der Waals surface area contributed by atoms with Crippen LogP contribution in [0.2, 0.25) is 0 Å². The molecule has 0 spiro atoms. The van der Waals surface area contributed by atoms with Gasteiger partial charge in [-0.1, -0.05) is 6.07 Å². The highest BCUT2D eigenvalue weighted by Crippen LogP contribution is 2.28. The number of piperidine rings is 1. The fraction of sp³-hybridized carbons (Fsp3) is 0.556. The van der Waals surface area contributed by atoms with Gasteiger partial charge >= 0.3 is 12.0 Å². The Bertz CT molecular complexity index is 655. The van der Waals surface area contributed by atoms with Crippen LogP contribution in [0.5, 0.6) is 5.75 Å². The lowest BCUT2D eigenvalue weighted by atomic mass is 10.1. The summed E-state index contributed by atoms with van der Waals surface area (Å²) in [6.45, 7) is 4.08. The summed E-state index contributed by atoms with van der Waals surface area (Å²) >= 11 is 0. The lowest BCUT2D eigenvalue weighted by Crippen LogP contribution is -2.50. The van der Waals surface area contributed by atoms with Gasteiger partial charge in [-0.25, -0.2) is 9.59 Å². The number of urea groups is 1. The molecule has 1 aromatic rings. The van der Waals surface area contributed by atoms with Crippen molar-refractivity contribution in [2.75, 3.05) is 26.8 Å². The van der Waals surface area contributed by atoms with Crippen molar-refractivity contribution in [3.8, 4) is 5.75 Å². The number of carboxylic acids is 1. The standard InChI is InChI=1S/C18H24N2O5/c1-12-11-25-16-9-13(17(21)22)3-4-14(16)10-20(12)18(23)19-7-5-15(24-2)6-8-19/h3-4,9,12,15H,5-8,10-11H2,1-2H3,(H,21,22). The molecule has 2 aliphatic rings. The topological polar surface area (TPSA) is 79.3 Å². The molecule has 1 atom stereocenters. The Morgan fingerprint density at radius 3 is 2.64 bits per heavy atom. The molecule has 1 N–H and O–H groups in total. The molecule has 7 heteroatoms. The minimum atomic E-state index is -0.988. The van der Waals surface area contributed by atoms with Crippen LogP contribution in [-0.2, 0) is 11.3 Å². The van der Waals surface area contributed by atoms with E-state index in [2.05, 4.69) is 0 Å². The lowest BCUT2D eigenvalue weighted by molar-refractivity contribution is 0.0407. The smallest absolute Gasteiger partial charge is 0.335 e.